The molecule has 4 heterocycles. The van der Waals surface area contributed by atoms with E-state index >= 15 is 0 Å². The Hall–Kier alpha value is -3.49. The number of aliphatic imine (C=N–C) groups is 1. The summed E-state index contributed by atoms with van der Waals surface area (Å²) in [7, 11) is 0. The number of nitro benzene ring substituents is 1. The van der Waals surface area contributed by atoms with Gasteiger partial charge in [0.25, 0.3) is 5.69 Å². The third-order valence-electron chi connectivity index (χ3n) is 7.81. The SMILES string of the molecule is C[C@@H](O)[C@H]1C(=O)N2C(C(=O)O)=C(S[C@H]3C[C@H]4[C@@H](O)CC(=NC(=O)OCc5ccc([N+](=O)[O-])cc5)N4C3)[C@H](C)[C@H]12. The molecule has 1 aromatic rings. The molecule has 0 saturated carbocycles. The average molecular weight is 561 g/mol. The highest BCUT2D eigenvalue weighted by Crippen LogP contribution is 2.52. The zero-order valence-electron chi connectivity index (χ0n) is 21.2. The number of carbonyl (C=O) groups is 3. The molecule has 39 heavy (non-hydrogen) atoms. The van der Waals surface area contributed by atoms with Crippen LogP contribution in [0.1, 0.15) is 32.3 Å². The number of carboxylic acid groups (broad SMARTS) is 1. The molecule has 7 atom stereocenters. The number of aliphatic hydroxyl groups is 2. The van der Waals surface area contributed by atoms with Gasteiger partial charge in [0.2, 0.25) is 5.91 Å². The van der Waals surface area contributed by atoms with E-state index < -0.39 is 41.2 Å². The van der Waals surface area contributed by atoms with E-state index in [1.165, 1.54) is 47.9 Å². The summed E-state index contributed by atoms with van der Waals surface area (Å²) in [6.07, 6.45) is -1.78. The summed E-state index contributed by atoms with van der Waals surface area (Å²) < 4.78 is 5.19. The fraction of sp³-hybridized carbons (Fsp3) is 0.520. The topological polar surface area (TPSA) is 183 Å². The molecule has 4 aliphatic rings. The number of carbonyl (C=O) groups excluding carboxylic acids is 2. The first kappa shape index (κ1) is 27.1. The smallest absolute Gasteiger partial charge is 0.435 e. The van der Waals surface area contributed by atoms with Crippen LogP contribution in [0.2, 0.25) is 0 Å². The molecule has 0 radical (unpaired) electrons. The second-order valence-corrected chi connectivity index (χ2v) is 11.6. The number of non-ortho nitro benzene ring substituents is 1. The Morgan fingerprint density at radius 2 is 2.00 bits per heavy atom. The largest absolute Gasteiger partial charge is 0.477 e. The van der Waals surface area contributed by atoms with Crippen molar-refractivity contribution in [2.75, 3.05) is 6.54 Å². The number of nitro groups is 1. The van der Waals surface area contributed by atoms with E-state index in [4.69, 9.17) is 4.74 Å². The normalized spacial score (nSPS) is 31.3. The molecule has 3 N–H and O–H groups in total. The molecule has 3 fully saturated rings. The first-order valence-corrected chi connectivity index (χ1v) is 13.4. The van der Waals surface area contributed by atoms with E-state index in [0.29, 0.717) is 29.3 Å². The van der Waals surface area contributed by atoms with Gasteiger partial charge >= 0.3 is 12.1 Å². The number of fused-ring (bicyclic) bond motifs is 2. The van der Waals surface area contributed by atoms with Crippen LogP contribution in [-0.2, 0) is 20.9 Å². The Bertz CT molecular complexity index is 1280. The lowest BCUT2D eigenvalue weighted by atomic mass is 9.79. The molecule has 0 aromatic heterocycles. The van der Waals surface area contributed by atoms with Crippen molar-refractivity contribution in [1.82, 2.24) is 9.80 Å². The predicted molar refractivity (Wildman–Crippen MR) is 137 cm³/mol. The van der Waals surface area contributed by atoms with E-state index in [9.17, 15) is 39.8 Å². The number of carboxylic acids is 1. The molecule has 0 bridgehead atoms. The van der Waals surface area contributed by atoms with E-state index in [-0.39, 0.29) is 47.5 Å². The number of benzene rings is 1. The number of hydrogen-bond acceptors (Lipinski definition) is 9. The molecule has 13 nitrogen and oxygen atoms in total. The van der Waals surface area contributed by atoms with Crippen molar-refractivity contribution in [3.63, 3.8) is 0 Å². The van der Waals surface area contributed by atoms with Gasteiger partial charge in [-0.15, -0.1) is 11.8 Å². The summed E-state index contributed by atoms with van der Waals surface area (Å²) in [5, 5.41) is 41.2. The first-order valence-electron chi connectivity index (χ1n) is 12.6. The number of rotatable bonds is 7. The van der Waals surface area contributed by atoms with Gasteiger partial charge in [-0.1, -0.05) is 6.92 Å². The van der Waals surface area contributed by atoms with Gasteiger partial charge in [0.1, 0.15) is 18.1 Å². The molecule has 208 valence electrons. The molecule has 1 aromatic carbocycles. The molecular weight excluding hydrogens is 532 g/mol. The highest BCUT2D eigenvalue weighted by atomic mass is 32.2. The zero-order valence-corrected chi connectivity index (χ0v) is 22.0. The van der Waals surface area contributed by atoms with Crippen LogP contribution in [0.4, 0.5) is 10.5 Å². The Labute approximate surface area is 227 Å². The Morgan fingerprint density at radius 1 is 1.31 bits per heavy atom. The molecule has 5 rings (SSSR count). The predicted octanol–water partition coefficient (Wildman–Crippen LogP) is 1.72. The number of thioether (sulfide) groups is 1. The number of ether oxygens (including phenoxy) is 1. The number of aliphatic hydroxyl groups excluding tert-OH is 2. The van der Waals surface area contributed by atoms with Gasteiger partial charge in [0.15, 0.2) is 0 Å². The van der Waals surface area contributed by atoms with Gasteiger partial charge in [-0.25, -0.2) is 9.59 Å². The van der Waals surface area contributed by atoms with E-state index in [0.717, 1.165) is 0 Å². The molecule has 0 aliphatic carbocycles. The van der Waals surface area contributed by atoms with Gasteiger partial charge < -0.3 is 29.9 Å². The highest BCUT2D eigenvalue weighted by molar-refractivity contribution is 8.03. The summed E-state index contributed by atoms with van der Waals surface area (Å²) in [6, 6.07) is 4.90. The van der Waals surface area contributed by atoms with E-state index in [2.05, 4.69) is 4.99 Å². The molecule has 2 amide bonds. The molecule has 0 spiro atoms. The maximum absolute atomic E-state index is 12.6. The number of hydrogen-bond donors (Lipinski definition) is 3. The van der Waals surface area contributed by atoms with Gasteiger partial charge in [0, 0.05) is 41.2 Å². The minimum Gasteiger partial charge on any atom is -0.477 e. The number of amidine groups is 1. The maximum atomic E-state index is 12.6. The Morgan fingerprint density at radius 3 is 2.62 bits per heavy atom. The molecular formula is C25H28N4O9S. The molecule has 0 unspecified atom stereocenters. The van der Waals surface area contributed by atoms with Crippen LogP contribution in [0, 0.1) is 22.0 Å². The molecule has 3 saturated heterocycles. The number of β-lactam (4-membered cyclic amide) rings is 1. The van der Waals surface area contributed by atoms with Crippen molar-refractivity contribution >= 4 is 41.3 Å². The minimum atomic E-state index is -1.19. The van der Waals surface area contributed by atoms with Crippen molar-refractivity contribution in [3.8, 4) is 0 Å². The third-order valence-corrected chi connectivity index (χ3v) is 9.30. The van der Waals surface area contributed by atoms with Crippen molar-refractivity contribution in [1.29, 1.82) is 0 Å². The summed E-state index contributed by atoms with van der Waals surface area (Å²) >= 11 is 1.36. The summed E-state index contributed by atoms with van der Waals surface area (Å²) in [5.41, 5.74) is 0.441. The molecule has 4 aliphatic heterocycles. The van der Waals surface area contributed by atoms with Crippen LogP contribution in [0.15, 0.2) is 39.9 Å². The van der Waals surface area contributed by atoms with Gasteiger partial charge in [-0.2, -0.15) is 4.99 Å². The lowest BCUT2D eigenvalue weighted by Gasteiger charge is -2.46. The Kier molecular flexibility index (Phi) is 7.11. The van der Waals surface area contributed by atoms with Crippen LogP contribution in [0.3, 0.4) is 0 Å². The van der Waals surface area contributed by atoms with Crippen LogP contribution in [0.5, 0.6) is 0 Å². The summed E-state index contributed by atoms with van der Waals surface area (Å²) in [6.45, 7) is 3.69. The van der Waals surface area contributed by atoms with E-state index in [1.807, 2.05) is 11.8 Å². The van der Waals surface area contributed by atoms with Gasteiger partial charge in [0.05, 0.1) is 35.1 Å². The summed E-state index contributed by atoms with van der Waals surface area (Å²) in [4.78, 5) is 55.1. The second-order valence-electron chi connectivity index (χ2n) is 10.2. The van der Waals surface area contributed by atoms with Crippen LogP contribution in [0.25, 0.3) is 0 Å². The molecule has 14 heteroatoms. The quantitative estimate of drug-likeness (QED) is 0.251. The Balaban J connectivity index is 1.25. The second kappa shape index (κ2) is 10.2. The lowest BCUT2D eigenvalue weighted by Crippen LogP contribution is -2.63. The van der Waals surface area contributed by atoms with Crippen LogP contribution >= 0.6 is 11.8 Å². The average Bonchev–Trinajstić information content (AvgIpc) is 3.49. The number of nitrogens with zero attached hydrogens (tertiary/aromatic N) is 4. The fourth-order valence-electron chi connectivity index (χ4n) is 5.98. The van der Waals surface area contributed by atoms with Crippen molar-refractivity contribution in [3.05, 3.63) is 50.5 Å². The minimum absolute atomic E-state index is 0.0456. The lowest BCUT2D eigenvalue weighted by molar-refractivity contribution is -0.384. The van der Waals surface area contributed by atoms with Crippen LogP contribution in [-0.4, -0.2) is 89.9 Å². The van der Waals surface area contributed by atoms with Crippen molar-refractivity contribution in [2.45, 2.75) is 62.8 Å². The zero-order chi connectivity index (χ0) is 28.2. The fourth-order valence-corrected chi connectivity index (χ4v) is 7.52. The first-order chi connectivity index (χ1) is 18.5. The number of amides is 2. The monoisotopic (exact) mass is 560 g/mol. The summed E-state index contributed by atoms with van der Waals surface area (Å²) in [5.74, 6) is -2.11. The maximum Gasteiger partial charge on any atom is 0.435 e. The van der Waals surface area contributed by atoms with Gasteiger partial charge in [-0.05, 0) is 31.0 Å². The number of aliphatic carboxylic acids is 1. The third kappa shape index (κ3) is 4.76. The van der Waals surface area contributed by atoms with E-state index in [1.54, 1.807) is 0 Å². The van der Waals surface area contributed by atoms with Crippen molar-refractivity contribution in [2.24, 2.45) is 16.8 Å². The van der Waals surface area contributed by atoms with Crippen LogP contribution < -0.4 is 0 Å². The highest BCUT2D eigenvalue weighted by Gasteiger charge is 2.60. The standard InChI is InChI=1S/C25H28N4O9S/c1-11-20-19(12(2)30)23(32)28(20)21(24(33)34)22(11)39-15-7-16-17(31)8-18(27(16)9-15)26-25(35)38-10-13-3-5-14(6-4-13)29(36)37/h3-6,11-12,15-17,19-20,30-31H,7-10H2,1-2H3,(H,33,34)/t11-,12-,15+,16+,17+,19-,20-/m1/s1. The van der Waals surface area contributed by atoms with Crippen molar-refractivity contribution < 1.29 is 39.4 Å². The van der Waals surface area contributed by atoms with Gasteiger partial charge in [-0.3, -0.25) is 14.9 Å².